The number of aromatic nitrogens is 2. The van der Waals surface area contributed by atoms with Crippen LogP contribution in [0.2, 0.25) is 0 Å². The fourth-order valence-corrected chi connectivity index (χ4v) is 3.18. The van der Waals surface area contributed by atoms with E-state index in [1.807, 2.05) is 0 Å². The molecular weight excluding hydrogens is 228 g/mol. The molecule has 0 spiro atoms. The highest BCUT2D eigenvalue weighted by atomic mass is 32.2. The molecule has 0 saturated heterocycles. The molecule has 0 aliphatic heterocycles. The van der Waals surface area contributed by atoms with Crippen LogP contribution in [-0.4, -0.2) is 24.7 Å². The van der Waals surface area contributed by atoms with E-state index in [-0.39, 0.29) is 16.8 Å². The van der Waals surface area contributed by atoms with Crippen molar-refractivity contribution in [2.24, 2.45) is 5.92 Å². The Kier molecular flexibility index (Phi) is 2.90. The lowest BCUT2D eigenvalue weighted by molar-refractivity contribution is 0.573. The molecule has 16 heavy (non-hydrogen) atoms. The van der Waals surface area contributed by atoms with Crippen LogP contribution in [0, 0.1) is 5.92 Å². The number of aromatic amines is 1. The summed E-state index contributed by atoms with van der Waals surface area (Å²) in [5.74, 6) is 0.563. The number of nitrogens with one attached hydrogen (secondary N) is 2. The Bertz CT molecular complexity index is 468. The fourth-order valence-electron chi connectivity index (χ4n) is 1.84. The predicted molar refractivity (Wildman–Crippen MR) is 60.1 cm³/mol. The topological polar surface area (TPSA) is 101 Å². The number of nitrogens with zero attached hydrogens (tertiary/aromatic N) is 1. The van der Waals surface area contributed by atoms with Crippen LogP contribution in [0.3, 0.4) is 0 Å². The summed E-state index contributed by atoms with van der Waals surface area (Å²) < 4.78 is 26.4. The molecular formula is C9H16N4O2S. The van der Waals surface area contributed by atoms with Gasteiger partial charge in [0.15, 0.2) is 0 Å². The second kappa shape index (κ2) is 4.06. The summed E-state index contributed by atoms with van der Waals surface area (Å²) in [4.78, 5) is 0.0367. The molecule has 90 valence electrons. The number of hydrogen-bond donors (Lipinski definition) is 3. The number of rotatable bonds is 5. The maximum absolute atomic E-state index is 11.9. The first kappa shape index (κ1) is 11.4. The summed E-state index contributed by atoms with van der Waals surface area (Å²) in [5.41, 5.74) is 5.48. The first-order valence-electron chi connectivity index (χ1n) is 5.35. The third kappa shape index (κ3) is 2.19. The van der Waals surface area contributed by atoms with Gasteiger partial charge < -0.3 is 5.73 Å². The summed E-state index contributed by atoms with van der Waals surface area (Å²) in [7, 11) is -3.50. The van der Waals surface area contributed by atoms with E-state index >= 15 is 0 Å². The van der Waals surface area contributed by atoms with Crippen LogP contribution in [0.15, 0.2) is 11.1 Å². The average Bonchev–Trinajstić information content (AvgIpc) is 2.75. The second-order valence-corrected chi connectivity index (χ2v) is 5.84. The van der Waals surface area contributed by atoms with Gasteiger partial charge >= 0.3 is 0 Å². The van der Waals surface area contributed by atoms with Gasteiger partial charge in [0.05, 0.1) is 6.20 Å². The Morgan fingerprint density at radius 2 is 2.44 bits per heavy atom. The van der Waals surface area contributed by atoms with E-state index in [0.29, 0.717) is 5.92 Å². The van der Waals surface area contributed by atoms with Gasteiger partial charge in [0.2, 0.25) is 10.0 Å². The molecule has 1 fully saturated rings. The lowest BCUT2D eigenvalue weighted by Gasteiger charge is -2.04. The molecule has 6 nitrogen and oxygen atoms in total. The van der Waals surface area contributed by atoms with Crippen LogP contribution >= 0.6 is 0 Å². The van der Waals surface area contributed by atoms with E-state index in [2.05, 4.69) is 21.8 Å². The van der Waals surface area contributed by atoms with Crippen molar-refractivity contribution in [3.05, 3.63) is 6.20 Å². The third-order valence-electron chi connectivity index (χ3n) is 2.81. The van der Waals surface area contributed by atoms with Gasteiger partial charge in [-0.3, -0.25) is 5.10 Å². The molecule has 2 rings (SSSR count). The summed E-state index contributed by atoms with van der Waals surface area (Å²) in [6.07, 6.45) is 4.30. The molecule has 4 N–H and O–H groups in total. The molecule has 0 amide bonds. The van der Waals surface area contributed by atoms with Crippen molar-refractivity contribution in [3.8, 4) is 0 Å². The lowest BCUT2D eigenvalue weighted by atomic mass is 10.2. The molecule has 0 aromatic carbocycles. The van der Waals surface area contributed by atoms with E-state index in [0.717, 1.165) is 19.3 Å². The van der Waals surface area contributed by atoms with Crippen LogP contribution in [0.4, 0.5) is 5.82 Å². The Balaban J connectivity index is 2.03. The molecule has 1 aliphatic carbocycles. The molecule has 1 aromatic heterocycles. The summed E-state index contributed by atoms with van der Waals surface area (Å²) >= 11 is 0. The lowest BCUT2D eigenvalue weighted by Crippen LogP contribution is -2.27. The van der Waals surface area contributed by atoms with Crippen LogP contribution in [0.5, 0.6) is 0 Å². The molecule has 1 heterocycles. The minimum atomic E-state index is -3.50. The number of sulfonamides is 1. The molecule has 2 unspecified atom stereocenters. The highest BCUT2D eigenvalue weighted by Crippen LogP contribution is 2.35. The number of nitrogens with two attached hydrogens (primary N) is 1. The third-order valence-corrected chi connectivity index (χ3v) is 4.33. The fraction of sp³-hybridized carbons (Fsp3) is 0.667. The predicted octanol–water partition coefficient (Wildman–Crippen LogP) is 0.459. The van der Waals surface area contributed by atoms with Crippen molar-refractivity contribution < 1.29 is 8.42 Å². The van der Waals surface area contributed by atoms with Crippen LogP contribution in [0.25, 0.3) is 0 Å². The maximum atomic E-state index is 11.9. The van der Waals surface area contributed by atoms with E-state index in [9.17, 15) is 8.42 Å². The normalized spacial score (nSPS) is 24.6. The summed E-state index contributed by atoms with van der Waals surface area (Å²) in [6.45, 7) is 2.10. The first-order valence-corrected chi connectivity index (χ1v) is 6.84. The van der Waals surface area contributed by atoms with Gasteiger partial charge in [0, 0.05) is 6.04 Å². The molecule has 7 heteroatoms. The summed E-state index contributed by atoms with van der Waals surface area (Å²) in [5, 5.41) is 6.02. The Labute approximate surface area is 94.7 Å². The van der Waals surface area contributed by atoms with E-state index < -0.39 is 10.0 Å². The zero-order valence-corrected chi connectivity index (χ0v) is 9.92. The minimum absolute atomic E-state index is 0.0367. The van der Waals surface area contributed by atoms with E-state index in [1.165, 1.54) is 6.20 Å². The minimum Gasteiger partial charge on any atom is -0.383 e. The Hall–Kier alpha value is -1.08. The van der Waals surface area contributed by atoms with Gasteiger partial charge in [0.25, 0.3) is 0 Å². The smallest absolute Gasteiger partial charge is 0.246 e. The number of hydrogen-bond acceptors (Lipinski definition) is 4. The van der Waals surface area contributed by atoms with Crippen molar-refractivity contribution in [2.45, 2.75) is 37.1 Å². The highest BCUT2D eigenvalue weighted by Gasteiger charge is 2.39. The molecule has 2 atom stereocenters. The Morgan fingerprint density at radius 1 is 1.69 bits per heavy atom. The van der Waals surface area contributed by atoms with Crippen molar-refractivity contribution in [2.75, 3.05) is 5.73 Å². The number of anilines is 1. The first-order chi connectivity index (χ1) is 7.54. The van der Waals surface area contributed by atoms with Crippen molar-refractivity contribution in [1.29, 1.82) is 0 Å². The molecule has 1 aliphatic rings. The monoisotopic (exact) mass is 244 g/mol. The van der Waals surface area contributed by atoms with Crippen LogP contribution < -0.4 is 10.5 Å². The molecule has 0 bridgehead atoms. The van der Waals surface area contributed by atoms with Gasteiger partial charge in [-0.2, -0.15) is 5.10 Å². The van der Waals surface area contributed by atoms with Crippen molar-refractivity contribution >= 4 is 15.8 Å². The van der Waals surface area contributed by atoms with Gasteiger partial charge in [-0.1, -0.05) is 13.3 Å². The molecule has 1 saturated carbocycles. The van der Waals surface area contributed by atoms with Gasteiger partial charge in [0.1, 0.15) is 10.7 Å². The quantitative estimate of drug-likeness (QED) is 0.700. The zero-order valence-electron chi connectivity index (χ0n) is 9.10. The average molecular weight is 244 g/mol. The van der Waals surface area contributed by atoms with Gasteiger partial charge in [-0.25, -0.2) is 13.1 Å². The second-order valence-electron chi connectivity index (χ2n) is 4.16. The van der Waals surface area contributed by atoms with Gasteiger partial charge in [-0.15, -0.1) is 0 Å². The Morgan fingerprint density at radius 3 is 3.00 bits per heavy atom. The number of nitrogen functional groups attached to an aromatic ring is 1. The SMILES string of the molecule is CCCC1CC1NS(=O)(=O)c1cn[nH]c1N. The van der Waals surface area contributed by atoms with Crippen LogP contribution in [-0.2, 0) is 10.0 Å². The highest BCUT2D eigenvalue weighted by molar-refractivity contribution is 7.89. The molecule has 1 aromatic rings. The van der Waals surface area contributed by atoms with Gasteiger partial charge in [-0.05, 0) is 18.8 Å². The van der Waals surface area contributed by atoms with Crippen molar-refractivity contribution in [3.63, 3.8) is 0 Å². The standard InChI is InChI=1S/C9H16N4O2S/c1-2-3-6-4-7(6)13-16(14,15)8-5-11-12-9(8)10/h5-7,13H,2-4H2,1H3,(H3,10,11,12). The summed E-state index contributed by atoms with van der Waals surface area (Å²) in [6, 6.07) is 0.0687. The largest absolute Gasteiger partial charge is 0.383 e. The maximum Gasteiger partial charge on any atom is 0.246 e. The van der Waals surface area contributed by atoms with E-state index in [4.69, 9.17) is 5.73 Å². The number of H-pyrrole nitrogens is 1. The zero-order chi connectivity index (χ0) is 11.8. The van der Waals surface area contributed by atoms with E-state index in [1.54, 1.807) is 0 Å². The van der Waals surface area contributed by atoms with Crippen LogP contribution in [0.1, 0.15) is 26.2 Å². The van der Waals surface area contributed by atoms with Crippen molar-refractivity contribution in [1.82, 2.24) is 14.9 Å². The molecule has 0 radical (unpaired) electrons.